The average molecular weight is 549 g/mol. The fourth-order valence-electron chi connectivity index (χ4n) is 5.29. The van der Waals surface area contributed by atoms with E-state index < -0.39 is 23.5 Å². The van der Waals surface area contributed by atoms with Gasteiger partial charge in [-0.1, -0.05) is 6.92 Å². The second-order valence-electron chi connectivity index (χ2n) is 10.6. The molecule has 2 fully saturated rings. The topological polar surface area (TPSA) is 79.3 Å². The number of anilines is 2. The van der Waals surface area contributed by atoms with Crippen molar-refractivity contribution in [2.75, 3.05) is 36.1 Å². The van der Waals surface area contributed by atoms with Crippen LogP contribution in [0.5, 0.6) is 11.5 Å². The Kier molecular flexibility index (Phi) is 8.73. The molecular weight excluding hydrogens is 513 g/mol. The summed E-state index contributed by atoms with van der Waals surface area (Å²) in [6.07, 6.45) is -1.33. The van der Waals surface area contributed by atoms with E-state index in [1.807, 2.05) is 18.7 Å². The number of carbonyl (C=O) groups is 2. The van der Waals surface area contributed by atoms with E-state index in [2.05, 4.69) is 6.92 Å². The number of rotatable bonds is 7. The molecule has 1 N–H and O–H groups in total. The van der Waals surface area contributed by atoms with Crippen molar-refractivity contribution in [3.05, 3.63) is 47.5 Å². The summed E-state index contributed by atoms with van der Waals surface area (Å²) < 4.78 is 52.9. The molecule has 2 aliphatic rings. The van der Waals surface area contributed by atoms with Gasteiger partial charge in [0.25, 0.3) is 0 Å². The van der Waals surface area contributed by atoms with Gasteiger partial charge in [0.15, 0.2) is 0 Å². The van der Waals surface area contributed by atoms with Crippen molar-refractivity contribution in [2.45, 2.75) is 58.7 Å². The minimum atomic E-state index is -4.69. The lowest BCUT2D eigenvalue weighted by Crippen LogP contribution is -2.42. The summed E-state index contributed by atoms with van der Waals surface area (Å²) >= 11 is 0. The van der Waals surface area contributed by atoms with Crippen LogP contribution in [0.15, 0.2) is 36.4 Å². The molecule has 2 aromatic rings. The predicted octanol–water partition coefficient (Wildman–Crippen LogP) is 6.60. The number of halogens is 3. The third-order valence-corrected chi connectivity index (χ3v) is 7.45. The van der Waals surface area contributed by atoms with Gasteiger partial charge in [-0.25, -0.2) is 4.79 Å². The molecule has 0 atom stereocenters. The SMILES string of the molecule is CC1CCC(C(=O)N(c2ccc(Oc3ccc(N4CCOCC4)cc3C(F)(F)F)cc2C(=O)O)C(C)C)CC1. The van der Waals surface area contributed by atoms with Crippen molar-refractivity contribution in [3.63, 3.8) is 0 Å². The average Bonchev–Trinajstić information content (AvgIpc) is 2.89. The van der Waals surface area contributed by atoms with E-state index in [-0.39, 0.29) is 34.9 Å². The summed E-state index contributed by atoms with van der Waals surface area (Å²) in [5, 5.41) is 9.99. The summed E-state index contributed by atoms with van der Waals surface area (Å²) in [6, 6.07) is 7.55. The summed E-state index contributed by atoms with van der Waals surface area (Å²) in [4.78, 5) is 29.0. The van der Waals surface area contributed by atoms with Crippen molar-refractivity contribution in [1.82, 2.24) is 0 Å². The van der Waals surface area contributed by atoms with Crippen LogP contribution in [0, 0.1) is 11.8 Å². The number of carboxylic acid groups (broad SMARTS) is 1. The zero-order valence-electron chi connectivity index (χ0n) is 22.5. The summed E-state index contributed by atoms with van der Waals surface area (Å²) in [6.45, 7) is 7.59. The van der Waals surface area contributed by atoms with Gasteiger partial charge in [-0.15, -0.1) is 0 Å². The molecule has 0 aromatic heterocycles. The van der Waals surface area contributed by atoms with Crippen LogP contribution in [0.2, 0.25) is 0 Å². The lowest BCUT2D eigenvalue weighted by molar-refractivity contribution is -0.138. The fraction of sp³-hybridized carbons (Fsp3) is 0.517. The first-order chi connectivity index (χ1) is 18.5. The van der Waals surface area contributed by atoms with E-state index in [0.717, 1.165) is 31.7 Å². The summed E-state index contributed by atoms with van der Waals surface area (Å²) in [5.74, 6) is -1.58. The molecule has 0 bridgehead atoms. The smallest absolute Gasteiger partial charge is 0.420 e. The van der Waals surface area contributed by atoms with Gasteiger partial charge in [0.1, 0.15) is 17.1 Å². The molecule has 4 rings (SSSR count). The number of morpholine rings is 1. The first-order valence-corrected chi connectivity index (χ1v) is 13.4. The van der Waals surface area contributed by atoms with Crippen LogP contribution in [0.3, 0.4) is 0 Å². The van der Waals surface area contributed by atoms with Crippen LogP contribution in [0.25, 0.3) is 0 Å². The van der Waals surface area contributed by atoms with Crippen LogP contribution >= 0.6 is 0 Å². The molecule has 10 heteroatoms. The van der Waals surface area contributed by atoms with Crippen LogP contribution in [-0.2, 0) is 15.7 Å². The fourth-order valence-corrected chi connectivity index (χ4v) is 5.29. The number of hydrogen-bond donors (Lipinski definition) is 1. The minimum Gasteiger partial charge on any atom is -0.478 e. The number of carbonyl (C=O) groups excluding carboxylic acids is 1. The van der Waals surface area contributed by atoms with Crippen molar-refractivity contribution in [3.8, 4) is 11.5 Å². The molecular formula is C29H35F3N2O5. The van der Waals surface area contributed by atoms with E-state index >= 15 is 0 Å². The third kappa shape index (κ3) is 6.66. The molecule has 7 nitrogen and oxygen atoms in total. The highest BCUT2D eigenvalue weighted by molar-refractivity contribution is 6.03. The maximum absolute atomic E-state index is 14.0. The van der Waals surface area contributed by atoms with Crippen LogP contribution in [0.1, 0.15) is 62.4 Å². The van der Waals surface area contributed by atoms with Gasteiger partial charge in [-0.2, -0.15) is 13.2 Å². The first kappa shape index (κ1) is 28.7. The third-order valence-electron chi connectivity index (χ3n) is 7.45. The van der Waals surface area contributed by atoms with Gasteiger partial charge in [0, 0.05) is 30.7 Å². The van der Waals surface area contributed by atoms with Gasteiger partial charge in [0.05, 0.1) is 24.5 Å². The van der Waals surface area contributed by atoms with E-state index in [1.54, 1.807) is 6.07 Å². The molecule has 1 saturated carbocycles. The Balaban J connectivity index is 1.65. The first-order valence-electron chi connectivity index (χ1n) is 13.4. The Hall–Kier alpha value is -3.27. The molecule has 1 heterocycles. The van der Waals surface area contributed by atoms with Crippen molar-refractivity contribution in [2.24, 2.45) is 11.8 Å². The standard InChI is InChI=1S/C29H35F3N2O5/c1-18(2)34(27(35)20-6-4-19(3)5-7-20)25-10-9-22(17-23(25)28(36)37)39-26-11-8-21(16-24(26)29(30,31)32)33-12-14-38-15-13-33/h8-11,16-20H,4-7,12-15H2,1-3H3,(H,36,37). The Labute approximate surface area is 226 Å². The highest BCUT2D eigenvalue weighted by Gasteiger charge is 2.36. The number of nitrogens with zero attached hydrogens (tertiary/aromatic N) is 2. The summed E-state index contributed by atoms with van der Waals surface area (Å²) in [5.41, 5.74) is -0.565. The maximum atomic E-state index is 14.0. The number of aromatic carboxylic acids is 1. The van der Waals surface area contributed by atoms with E-state index in [9.17, 15) is 27.9 Å². The highest BCUT2D eigenvalue weighted by Crippen LogP contribution is 2.41. The van der Waals surface area contributed by atoms with Gasteiger partial charge in [0.2, 0.25) is 5.91 Å². The van der Waals surface area contributed by atoms with Crippen LogP contribution in [0.4, 0.5) is 24.5 Å². The van der Waals surface area contributed by atoms with Crippen LogP contribution in [-0.4, -0.2) is 49.3 Å². The lowest BCUT2D eigenvalue weighted by Gasteiger charge is -2.34. The van der Waals surface area contributed by atoms with E-state index in [0.29, 0.717) is 37.9 Å². The number of hydrogen-bond acceptors (Lipinski definition) is 5. The van der Waals surface area contributed by atoms with Crippen LogP contribution < -0.4 is 14.5 Å². The number of alkyl halides is 3. The Morgan fingerprint density at radius 2 is 1.72 bits per heavy atom. The monoisotopic (exact) mass is 548 g/mol. The maximum Gasteiger partial charge on any atom is 0.420 e. The Morgan fingerprint density at radius 3 is 2.31 bits per heavy atom. The van der Waals surface area contributed by atoms with Crippen molar-refractivity contribution in [1.29, 1.82) is 0 Å². The number of benzene rings is 2. The second kappa shape index (κ2) is 11.9. The zero-order chi connectivity index (χ0) is 28.3. The molecule has 39 heavy (non-hydrogen) atoms. The minimum absolute atomic E-state index is 0.0663. The Bertz CT molecular complexity index is 1190. The van der Waals surface area contributed by atoms with Gasteiger partial charge < -0.3 is 24.4 Å². The number of amides is 1. The quantitative estimate of drug-likeness (QED) is 0.420. The lowest BCUT2D eigenvalue weighted by atomic mass is 9.82. The molecule has 0 radical (unpaired) electrons. The highest BCUT2D eigenvalue weighted by atomic mass is 19.4. The van der Waals surface area contributed by atoms with E-state index in [4.69, 9.17) is 9.47 Å². The predicted molar refractivity (Wildman–Crippen MR) is 142 cm³/mol. The molecule has 1 amide bonds. The largest absolute Gasteiger partial charge is 0.478 e. The zero-order valence-corrected chi connectivity index (χ0v) is 22.5. The molecule has 1 saturated heterocycles. The molecule has 1 aliphatic heterocycles. The molecule has 0 spiro atoms. The number of carboxylic acids is 1. The normalized spacial score (nSPS) is 20.1. The van der Waals surface area contributed by atoms with Gasteiger partial charge in [-0.3, -0.25) is 4.79 Å². The second-order valence-corrected chi connectivity index (χ2v) is 10.6. The number of ether oxygens (including phenoxy) is 2. The molecule has 2 aromatic carbocycles. The molecule has 1 aliphatic carbocycles. The van der Waals surface area contributed by atoms with Gasteiger partial charge in [-0.05, 0) is 81.8 Å². The molecule has 212 valence electrons. The van der Waals surface area contributed by atoms with Crippen molar-refractivity contribution >= 4 is 23.3 Å². The van der Waals surface area contributed by atoms with Gasteiger partial charge >= 0.3 is 12.1 Å². The van der Waals surface area contributed by atoms with Crippen molar-refractivity contribution < 1.29 is 37.3 Å². The van der Waals surface area contributed by atoms with E-state index in [1.165, 1.54) is 29.2 Å². The summed E-state index contributed by atoms with van der Waals surface area (Å²) in [7, 11) is 0. The Morgan fingerprint density at radius 1 is 1.05 bits per heavy atom. The molecule has 0 unspecified atom stereocenters.